The molecule has 1 heterocycles. The highest BCUT2D eigenvalue weighted by Gasteiger charge is 2.13. The summed E-state index contributed by atoms with van der Waals surface area (Å²) in [5.74, 6) is 0.201. The van der Waals surface area contributed by atoms with Crippen LogP contribution in [-0.2, 0) is 0 Å². The Hall–Kier alpha value is -2.67. The molecular formula is C15H20N6O. The van der Waals surface area contributed by atoms with E-state index in [1.807, 2.05) is 38.1 Å². The van der Waals surface area contributed by atoms with Crippen LogP contribution in [0.2, 0.25) is 0 Å². The molecule has 0 saturated carbocycles. The van der Waals surface area contributed by atoms with Gasteiger partial charge in [-0.2, -0.15) is 0 Å². The molecule has 0 spiro atoms. The number of aromatic nitrogens is 2. The smallest absolute Gasteiger partial charge is 0.271 e. The van der Waals surface area contributed by atoms with Gasteiger partial charge < -0.3 is 22.1 Å². The molecule has 2 rings (SSSR count). The summed E-state index contributed by atoms with van der Waals surface area (Å²) in [5.41, 5.74) is 13.0. The topological polar surface area (TPSA) is 119 Å². The number of nitrogens with zero attached hydrogens (tertiary/aromatic N) is 2. The molecule has 0 unspecified atom stereocenters. The highest BCUT2D eigenvalue weighted by molar-refractivity contribution is 5.96. The van der Waals surface area contributed by atoms with Crippen LogP contribution in [0.4, 0.5) is 17.3 Å². The Kier molecular flexibility index (Phi) is 4.90. The van der Waals surface area contributed by atoms with E-state index >= 15 is 0 Å². The summed E-state index contributed by atoms with van der Waals surface area (Å²) in [4.78, 5) is 19.9. The van der Waals surface area contributed by atoms with Crippen molar-refractivity contribution >= 4 is 23.2 Å². The normalized spacial score (nSPS) is 11.8. The lowest BCUT2D eigenvalue weighted by molar-refractivity contribution is 0.0996. The van der Waals surface area contributed by atoms with Gasteiger partial charge in [-0.1, -0.05) is 12.1 Å². The minimum absolute atomic E-state index is 0.0224. The first kappa shape index (κ1) is 15.7. The van der Waals surface area contributed by atoms with Gasteiger partial charge in [0, 0.05) is 18.3 Å². The van der Waals surface area contributed by atoms with Crippen LogP contribution >= 0.6 is 0 Å². The lowest BCUT2D eigenvalue weighted by Crippen LogP contribution is -2.26. The molecule has 1 aromatic heterocycles. The number of hydrogen-bond acceptors (Lipinski definition) is 6. The predicted octanol–water partition coefficient (Wildman–Crippen LogP) is 1.39. The van der Waals surface area contributed by atoms with Crippen LogP contribution in [0, 0.1) is 6.92 Å². The van der Waals surface area contributed by atoms with Gasteiger partial charge >= 0.3 is 0 Å². The number of aryl methyl sites for hydroxylation is 1. The maximum absolute atomic E-state index is 11.5. The van der Waals surface area contributed by atoms with Crippen molar-refractivity contribution < 1.29 is 4.79 Å². The van der Waals surface area contributed by atoms with Crippen LogP contribution in [0.15, 0.2) is 30.5 Å². The zero-order chi connectivity index (χ0) is 16.1. The number of anilines is 3. The summed E-state index contributed by atoms with van der Waals surface area (Å²) in [6.45, 7) is 4.41. The van der Waals surface area contributed by atoms with Crippen LogP contribution in [0.5, 0.6) is 0 Å². The Morgan fingerprint density at radius 2 is 2.18 bits per heavy atom. The van der Waals surface area contributed by atoms with E-state index in [1.165, 1.54) is 6.20 Å². The average Bonchev–Trinajstić information content (AvgIpc) is 2.45. The third-order valence-corrected chi connectivity index (χ3v) is 2.89. The molecule has 1 amide bonds. The minimum atomic E-state index is -0.638. The van der Waals surface area contributed by atoms with Crippen LogP contribution < -0.4 is 22.1 Å². The van der Waals surface area contributed by atoms with E-state index in [4.69, 9.17) is 11.5 Å². The number of rotatable bonds is 6. The number of hydrogen-bond donors (Lipinski definition) is 4. The number of carbonyl (C=O) groups is 1. The number of benzene rings is 1. The number of nitrogens with one attached hydrogen (secondary N) is 2. The highest BCUT2D eigenvalue weighted by atomic mass is 16.1. The maximum Gasteiger partial charge on any atom is 0.271 e. The molecule has 7 nitrogen and oxygen atoms in total. The fourth-order valence-corrected chi connectivity index (χ4v) is 1.87. The van der Waals surface area contributed by atoms with E-state index in [9.17, 15) is 4.79 Å². The van der Waals surface area contributed by atoms with E-state index in [0.29, 0.717) is 18.2 Å². The third kappa shape index (κ3) is 4.16. The number of carbonyl (C=O) groups excluding carboxylic acids is 1. The maximum atomic E-state index is 11.5. The first-order chi connectivity index (χ1) is 10.5. The van der Waals surface area contributed by atoms with Crippen LogP contribution in [0.25, 0.3) is 0 Å². The van der Waals surface area contributed by atoms with Crippen molar-refractivity contribution in [2.75, 3.05) is 17.2 Å². The summed E-state index contributed by atoms with van der Waals surface area (Å²) in [5, 5.41) is 6.13. The van der Waals surface area contributed by atoms with Gasteiger partial charge in [-0.15, -0.1) is 0 Å². The average molecular weight is 300 g/mol. The van der Waals surface area contributed by atoms with Gasteiger partial charge in [-0.05, 0) is 31.5 Å². The Balaban J connectivity index is 2.29. The zero-order valence-electron chi connectivity index (χ0n) is 12.6. The van der Waals surface area contributed by atoms with E-state index in [-0.39, 0.29) is 11.7 Å². The molecule has 7 heteroatoms. The monoisotopic (exact) mass is 300 g/mol. The summed E-state index contributed by atoms with van der Waals surface area (Å²) < 4.78 is 0. The summed E-state index contributed by atoms with van der Waals surface area (Å²) in [6, 6.07) is 7.68. The van der Waals surface area contributed by atoms with Crippen molar-refractivity contribution in [2.24, 2.45) is 11.5 Å². The molecule has 1 atom stereocenters. The summed E-state index contributed by atoms with van der Waals surface area (Å²) >= 11 is 0. The van der Waals surface area contributed by atoms with Crippen molar-refractivity contribution in [2.45, 2.75) is 19.9 Å². The van der Waals surface area contributed by atoms with Crippen molar-refractivity contribution in [3.05, 3.63) is 41.7 Å². The number of amides is 1. The molecule has 22 heavy (non-hydrogen) atoms. The Bertz CT molecular complexity index is 671. The van der Waals surface area contributed by atoms with Crippen LogP contribution in [0.3, 0.4) is 0 Å². The van der Waals surface area contributed by atoms with E-state index in [1.54, 1.807) is 0 Å². The Morgan fingerprint density at radius 1 is 1.41 bits per heavy atom. The fourth-order valence-electron chi connectivity index (χ4n) is 1.87. The lowest BCUT2D eigenvalue weighted by Gasteiger charge is -2.12. The molecule has 0 saturated heterocycles. The first-order valence-electron chi connectivity index (χ1n) is 6.95. The molecule has 2 aromatic rings. The molecule has 116 valence electrons. The van der Waals surface area contributed by atoms with Gasteiger partial charge in [0.15, 0.2) is 11.5 Å². The van der Waals surface area contributed by atoms with Crippen molar-refractivity contribution in [3.63, 3.8) is 0 Å². The van der Waals surface area contributed by atoms with Crippen molar-refractivity contribution in [1.29, 1.82) is 0 Å². The number of primary amides is 1. The first-order valence-corrected chi connectivity index (χ1v) is 6.95. The Morgan fingerprint density at radius 3 is 2.82 bits per heavy atom. The molecule has 0 aliphatic carbocycles. The minimum Gasteiger partial charge on any atom is -0.367 e. The third-order valence-electron chi connectivity index (χ3n) is 2.89. The molecule has 0 radical (unpaired) electrons. The number of nitrogens with two attached hydrogens (primary N) is 2. The molecule has 0 aliphatic heterocycles. The summed E-state index contributed by atoms with van der Waals surface area (Å²) in [7, 11) is 0. The second kappa shape index (κ2) is 6.86. The van der Waals surface area contributed by atoms with Crippen LogP contribution in [-0.4, -0.2) is 28.5 Å². The van der Waals surface area contributed by atoms with Gasteiger partial charge in [-0.3, -0.25) is 4.79 Å². The van der Waals surface area contributed by atoms with E-state index < -0.39 is 5.91 Å². The second-order valence-electron chi connectivity index (χ2n) is 5.17. The van der Waals surface area contributed by atoms with Gasteiger partial charge in [0.25, 0.3) is 5.91 Å². The molecule has 6 N–H and O–H groups in total. The van der Waals surface area contributed by atoms with E-state index in [0.717, 1.165) is 11.3 Å². The molecule has 0 fully saturated rings. The van der Waals surface area contributed by atoms with E-state index in [2.05, 4.69) is 20.6 Å². The van der Waals surface area contributed by atoms with Gasteiger partial charge in [0.2, 0.25) is 0 Å². The van der Waals surface area contributed by atoms with Gasteiger partial charge in [-0.25, -0.2) is 9.97 Å². The standard InChI is InChI=1S/C15H20N6O/c1-9-4-3-5-11(6-9)20-15-13(14(17)22)19-8-12(21-15)18-7-10(2)16/h3-6,8,10H,7,16H2,1-2H3,(H2,17,22)(H2,18,20,21)/t10-/m0/s1. The van der Waals surface area contributed by atoms with Crippen molar-refractivity contribution in [1.82, 2.24) is 9.97 Å². The lowest BCUT2D eigenvalue weighted by atomic mass is 10.2. The fraction of sp³-hybridized carbons (Fsp3) is 0.267. The molecule has 0 bridgehead atoms. The molecule has 1 aromatic carbocycles. The SMILES string of the molecule is Cc1cccc(Nc2nc(NC[C@H](C)N)cnc2C(N)=O)c1. The Labute approximate surface area is 129 Å². The van der Waals surface area contributed by atoms with Gasteiger partial charge in [0.1, 0.15) is 5.82 Å². The quantitative estimate of drug-likeness (QED) is 0.640. The molecular weight excluding hydrogens is 280 g/mol. The van der Waals surface area contributed by atoms with Crippen molar-refractivity contribution in [3.8, 4) is 0 Å². The summed E-state index contributed by atoms with van der Waals surface area (Å²) in [6.07, 6.45) is 1.46. The second-order valence-corrected chi connectivity index (χ2v) is 5.17. The zero-order valence-corrected chi connectivity index (χ0v) is 12.6. The largest absolute Gasteiger partial charge is 0.367 e. The molecule has 0 aliphatic rings. The van der Waals surface area contributed by atoms with Crippen LogP contribution in [0.1, 0.15) is 23.0 Å². The van der Waals surface area contributed by atoms with Gasteiger partial charge in [0.05, 0.1) is 6.20 Å². The predicted molar refractivity (Wildman–Crippen MR) is 87.2 cm³/mol. The highest BCUT2D eigenvalue weighted by Crippen LogP contribution is 2.20.